The SMILES string of the molecule is CN(C)C1CCCN(c2ccc(Cl)cc2C(N)=NO)C1. The van der Waals surface area contributed by atoms with E-state index in [0.717, 1.165) is 25.2 Å². The van der Waals surface area contributed by atoms with E-state index in [4.69, 9.17) is 22.5 Å². The van der Waals surface area contributed by atoms with Crippen LogP contribution in [0.3, 0.4) is 0 Å². The van der Waals surface area contributed by atoms with Crippen LogP contribution in [0.2, 0.25) is 5.02 Å². The molecule has 3 N–H and O–H groups in total. The fourth-order valence-corrected chi connectivity index (χ4v) is 2.81. The van der Waals surface area contributed by atoms with Gasteiger partial charge in [0.25, 0.3) is 0 Å². The van der Waals surface area contributed by atoms with Gasteiger partial charge in [-0.2, -0.15) is 0 Å². The van der Waals surface area contributed by atoms with Gasteiger partial charge < -0.3 is 20.7 Å². The largest absolute Gasteiger partial charge is 0.409 e. The molecule has 5 nitrogen and oxygen atoms in total. The lowest BCUT2D eigenvalue weighted by atomic mass is 10.0. The molecule has 1 saturated heterocycles. The highest BCUT2D eigenvalue weighted by molar-refractivity contribution is 6.31. The molecule has 1 atom stereocenters. The van der Waals surface area contributed by atoms with Crippen LogP contribution in [0.1, 0.15) is 18.4 Å². The van der Waals surface area contributed by atoms with Crippen LogP contribution in [0.25, 0.3) is 0 Å². The third-order valence-corrected chi connectivity index (χ3v) is 4.04. The van der Waals surface area contributed by atoms with E-state index in [1.165, 1.54) is 6.42 Å². The van der Waals surface area contributed by atoms with E-state index in [-0.39, 0.29) is 5.84 Å². The molecule has 2 rings (SSSR count). The number of likely N-dealkylation sites (N-methyl/N-ethyl adjacent to an activating group) is 1. The molecule has 1 unspecified atom stereocenters. The summed E-state index contributed by atoms with van der Waals surface area (Å²) < 4.78 is 0. The zero-order chi connectivity index (χ0) is 14.7. The first-order valence-electron chi connectivity index (χ1n) is 6.71. The topological polar surface area (TPSA) is 65.1 Å². The lowest BCUT2D eigenvalue weighted by molar-refractivity contribution is 0.258. The molecule has 1 aliphatic rings. The molecule has 0 radical (unpaired) electrons. The number of nitrogens with two attached hydrogens (primary N) is 1. The molecule has 6 heteroatoms. The summed E-state index contributed by atoms with van der Waals surface area (Å²) in [5.41, 5.74) is 7.42. The van der Waals surface area contributed by atoms with Crippen molar-refractivity contribution in [2.45, 2.75) is 18.9 Å². The molecule has 1 aliphatic heterocycles. The number of benzene rings is 1. The number of rotatable bonds is 3. The van der Waals surface area contributed by atoms with Crippen LogP contribution in [0.4, 0.5) is 5.69 Å². The van der Waals surface area contributed by atoms with Gasteiger partial charge in [0, 0.05) is 35.4 Å². The average Bonchev–Trinajstić information content (AvgIpc) is 2.46. The third-order valence-electron chi connectivity index (χ3n) is 3.81. The van der Waals surface area contributed by atoms with Gasteiger partial charge in [0.1, 0.15) is 0 Å². The summed E-state index contributed by atoms with van der Waals surface area (Å²) in [4.78, 5) is 4.52. The lowest BCUT2D eigenvalue weighted by Crippen LogP contribution is -2.45. The minimum absolute atomic E-state index is 0.0921. The summed E-state index contributed by atoms with van der Waals surface area (Å²) in [6.07, 6.45) is 2.32. The van der Waals surface area contributed by atoms with Gasteiger partial charge in [-0.25, -0.2) is 0 Å². The Bertz CT molecular complexity index is 504. The van der Waals surface area contributed by atoms with Crippen molar-refractivity contribution < 1.29 is 5.21 Å². The minimum atomic E-state index is 0.0921. The van der Waals surface area contributed by atoms with E-state index < -0.39 is 0 Å². The van der Waals surface area contributed by atoms with Gasteiger partial charge in [0.2, 0.25) is 0 Å². The summed E-state index contributed by atoms with van der Waals surface area (Å²) in [6.45, 7) is 1.90. The van der Waals surface area contributed by atoms with Crippen molar-refractivity contribution in [2.24, 2.45) is 10.9 Å². The molecule has 0 bridgehead atoms. The van der Waals surface area contributed by atoms with Crippen molar-refractivity contribution in [3.05, 3.63) is 28.8 Å². The molecule has 1 aromatic rings. The second-order valence-electron chi connectivity index (χ2n) is 5.35. The molecule has 0 aliphatic carbocycles. The number of amidine groups is 1. The van der Waals surface area contributed by atoms with E-state index in [1.807, 2.05) is 12.1 Å². The molecule has 0 spiro atoms. The highest BCUT2D eigenvalue weighted by atomic mass is 35.5. The molecule has 1 fully saturated rings. The highest BCUT2D eigenvalue weighted by Gasteiger charge is 2.24. The van der Waals surface area contributed by atoms with Gasteiger partial charge in [0.15, 0.2) is 5.84 Å². The van der Waals surface area contributed by atoms with Crippen LogP contribution in [-0.2, 0) is 0 Å². The smallest absolute Gasteiger partial charge is 0.172 e. The molecule has 110 valence electrons. The normalized spacial score (nSPS) is 20.5. The average molecular weight is 297 g/mol. The van der Waals surface area contributed by atoms with Crippen molar-refractivity contribution in [1.29, 1.82) is 0 Å². The van der Waals surface area contributed by atoms with Crippen LogP contribution in [-0.4, -0.2) is 49.2 Å². The minimum Gasteiger partial charge on any atom is -0.409 e. The van der Waals surface area contributed by atoms with Gasteiger partial charge in [-0.1, -0.05) is 16.8 Å². The first-order valence-corrected chi connectivity index (χ1v) is 7.09. The monoisotopic (exact) mass is 296 g/mol. The Labute approximate surface area is 124 Å². The number of hydrogen-bond acceptors (Lipinski definition) is 4. The summed E-state index contributed by atoms with van der Waals surface area (Å²) >= 11 is 6.02. The summed E-state index contributed by atoms with van der Waals surface area (Å²) in [5, 5.41) is 12.6. The van der Waals surface area contributed by atoms with Gasteiger partial charge in [-0.05, 0) is 45.1 Å². The molecular formula is C14H21ClN4O. The number of piperidine rings is 1. The second kappa shape index (κ2) is 6.33. The number of nitrogens with zero attached hydrogens (tertiary/aromatic N) is 3. The fourth-order valence-electron chi connectivity index (χ4n) is 2.64. The van der Waals surface area contributed by atoms with Crippen molar-refractivity contribution in [3.63, 3.8) is 0 Å². The van der Waals surface area contributed by atoms with Crippen LogP contribution in [0.15, 0.2) is 23.4 Å². The van der Waals surface area contributed by atoms with Crippen molar-refractivity contribution in [3.8, 4) is 0 Å². The van der Waals surface area contributed by atoms with Gasteiger partial charge in [-0.15, -0.1) is 0 Å². The predicted octanol–water partition coefficient (Wildman–Crippen LogP) is 1.96. The molecule has 0 aromatic heterocycles. The van der Waals surface area contributed by atoms with Crippen LogP contribution in [0, 0.1) is 0 Å². The van der Waals surface area contributed by atoms with E-state index in [1.54, 1.807) is 6.07 Å². The lowest BCUT2D eigenvalue weighted by Gasteiger charge is -2.38. The van der Waals surface area contributed by atoms with Gasteiger partial charge >= 0.3 is 0 Å². The molecule has 0 amide bonds. The number of hydrogen-bond donors (Lipinski definition) is 2. The zero-order valence-corrected chi connectivity index (χ0v) is 12.6. The Kier molecular flexibility index (Phi) is 4.73. The predicted molar refractivity (Wildman–Crippen MR) is 82.9 cm³/mol. The number of halogens is 1. The maximum absolute atomic E-state index is 8.94. The summed E-state index contributed by atoms with van der Waals surface area (Å²) in [6, 6.07) is 6.03. The van der Waals surface area contributed by atoms with Gasteiger partial charge in [-0.3, -0.25) is 0 Å². The summed E-state index contributed by atoms with van der Waals surface area (Å²) in [7, 11) is 4.20. The Morgan fingerprint density at radius 2 is 2.25 bits per heavy atom. The molecular weight excluding hydrogens is 276 g/mol. The summed E-state index contributed by atoms with van der Waals surface area (Å²) in [5.74, 6) is 0.0921. The van der Waals surface area contributed by atoms with Gasteiger partial charge in [0.05, 0.1) is 0 Å². The standard InChI is InChI=1S/C14H21ClN4O/c1-18(2)11-4-3-7-19(9-11)13-6-5-10(15)8-12(13)14(16)17-20/h5-6,8,11,20H,3-4,7,9H2,1-2H3,(H2,16,17). The quantitative estimate of drug-likeness (QED) is 0.387. The molecule has 1 aromatic carbocycles. The molecule has 1 heterocycles. The Morgan fingerprint density at radius 3 is 2.90 bits per heavy atom. The van der Waals surface area contributed by atoms with E-state index >= 15 is 0 Å². The third kappa shape index (κ3) is 3.16. The molecule has 0 saturated carbocycles. The number of anilines is 1. The number of oxime groups is 1. The van der Waals surface area contributed by atoms with Crippen molar-refractivity contribution >= 4 is 23.1 Å². The highest BCUT2D eigenvalue weighted by Crippen LogP contribution is 2.27. The van der Waals surface area contributed by atoms with E-state index in [2.05, 4.69) is 29.1 Å². The maximum Gasteiger partial charge on any atom is 0.172 e. The van der Waals surface area contributed by atoms with E-state index in [9.17, 15) is 0 Å². The maximum atomic E-state index is 8.94. The second-order valence-corrected chi connectivity index (χ2v) is 5.79. The van der Waals surface area contributed by atoms with Crippen LogP contribution < -0.4 is 10.6 Å². The molecule has 20 heavy (non-hydrogen) atoms. The van der Waals surface area contributed by atoms with Crippen LogP contribution >= 0.6 is 11.6 Å². The van der Waals surface area contributed by atoms with Crippen LogP contribution in [0.5, 0.6) is 0 Å². The first-order chi connectivity index (χ1) is 9.52. The van der Waals surface area contributed by atoms with E-state index in [0.29, 0.717) is 16.6 Å². The fraction of sp³-hybridized carbons (Fsp3) is 0.500. The first kappa shape index (κ1) is 14.9. The van der Waals surface area contributed by atoms with Crippen molar-refractivity contribution in [2.75, 3.05) is 32.1 Å². The van der Waals surface area contributed by atoms with Crippen molar-refractivity contribution in [1.82, 2.24) is 4.90 Å². The zero-order valence-electron chi connectivity index (χ0n) is 11.9. The Hall–Kier alpha value is -1.46. The Morgan fingerprint density at radius 1 is 1.50 bits per heavy atom. The Balaban J connectivity index is 2.32.